The third-order valence-electron chi connectivity index (χ3n) is 8.64. The quantitative estimate of drug-likeness (QED) is 0.620. The number of urea groups is 1. The van der Waals surface area contributed by atoms with Gasteiger partial charge in [0, 0.05) is 30.7 Å². The Kier molecular flexibility index (Phi) is 7.48. The SMILES string of the molecule is CC(C(=O)N1CCOCC1)C1CCC2(C)CCC(NC(=O)Nc3cccc(F)c3)C(C)C2C1O. The molecule has 4 rings (SSSR count). The first-order chi connectivity index (χ1) is 16.2. The molecule has 7 nitrogen and oxygen atoms in total. The van der Waals surface area contributed by atoms with Crippen LogP contribution in [0.25, 0.3) is 0 Å². The molecule has 3 aliphatic rings. The predicted molar refractivity (Wildman–Crippen MR) is 128 cm³/mol. The third kappa shape index (κ3) is 5.08. The van der Waals surface area contributed by atoms with Gasteiger partial charge in [-0.3, -0.25) is 4.79 Å². The van der Waals surface area contributed by atoms with Crippen LogP contribution in [0.15, 0.2) is 24.3 Å². The third-order valence-corrected chi connectivity index (χ3v) is 8.64. The minimum absolute atomic E-state index is 0.0144. The number of aliphatic hydroxyl groups is 1. The lowest BCUT2D eigenvalue weighted by molar-refractivity contribution is -0.153. The number of morpholine rings is 1. The van der Waals surface area contributed by atoms with Crippen LogP contribution < -0.4 is 10.6 Å². The second-order valence-corrected chi connectivity index (χ2v) is 10.7. The number of halogens is 1. The zero-order chi connectivity index (χ0) is 24.5. The summed E-state index contributed by atoms with van der Waals surface area (Å²) in [4.78, 5) is 27.6. The van der Waals surface area contributed by atoms with Crippen LogP contribution in [0.5, 0.6) is 0 Å². The van der Waals surface area contributed by atoms with Crippen molar-refractivity contribution in [1.82, 2.24) is 10.2 Å². The fraction of sp³-hybridized carbons (Fsp3) is 0.692. The van der Waals surface area contributed by atoms with Gasteiger partial charge in [-0.2, -0.15) is 0 Å². The minimum atomic E-state index is -0.607. The van der Waals surface area contributed by atoms with Crippen LogP contribution in [-0.4, -0.2) is 60.4 Å². The number of carbonyl (C=O) groups is 2. The molecule has 34 heavy (non-hydrogen) atoms. The van der Waals surface area contributed by atoms with Gasteiger partial charge in [-0.25, -0.2) is 9.18 Å². The number of carbonyl (C=O) groups excluding carboxylic acids is 2. The molecule has 0 radical (unpaired) electrons. The Bertz CT molecular complexity index is 893. The number of aliphatic hydroxyl groups excluding tert-OH is 1. The van der Waals surface area contributed by atoms with Gasteiger partial charge in [0.1, 0.15) is 5.82 Å². The Hall–Kier alpha value is -2.19. The molecule has 7 atom stereocenters. The molecule has 1 heterocycles. The summed E-state index contributed by atoms with van der Waals surface area (Å²) in [5, 5.41) is 17.3. The first-order valence-corrected chi connectivity index (χ1v) is 12.6. The van der Waals surface area contributed by atoms with Crippen molar-refractivity contribution in [2.75, 3.05) is 31.6 Å². The van der Waals surface area contributed by atoms with Gasteiger partial charge >= 0.3 is 6.03 Å². The lowest BCUT2D eigenvalue weighted by Crippen LogP contribution is -2.59. The molecule has 0 bridgehead atoms. The van der Waals surface area contributed by atoms with Crippen LogP contribution >= 0.6 is 0 Å². The second-order valence-electron chi connectivity index (χ2n) is 10.7. The molecule has 8 heteroatoms. The van der Waals surface area contributed by atoms with Crippen molar-refractivity contribution >= 4 is 17.6 Å². The van der Waals surface area contributed by atoms with Gasteiger partial charge in [-0.05, 0) is 67.1 Å². The van der Waals surface area contributed by atoms with Gasteiger partial charge in [-0.1, -0.05) is 26.8 Å². The largest absolute Gasteiger partial charge is 0.392 e. The lowest BCUT2D eigenvalue weighted by Gasteiger charge is -2.56. The van der Waals surface area contributed by atoms with Gasteiger partial charge in [0.05, 0.1) is 19.3 Å². The van der Waals surface area contributed by atoms with E-state index in [1.54, 1.807) is 12.1 Å². The zero-order valence-electron chi connectivity index (χ0n) is 20.4. The van der Waals surface area contributed by atoms with E-state index in [9.17, 15) is 19.1 Å². The van der Waals surface area contributed by atoms with Crippen molar-refractivity contribution in [3.8, 4) is 0 Å². The molecular formula is C26H38FN3O4. The van der Waals surface area contributed by atoms with Crippen molar-refractivity contribution in [3.05, 3.63) is 30.1 Å². The minimum Gasteiger partial charge on any atom is -0.392 e. The summed E-state index contributed by atoms with van der Waals surface area (Å²) in [6.07, 6.45) is 2.92. The standard InChI is InChI=1S/C26H38FN3O4/c1-16(24(32)30-11-13-34-14-12-30)20-7-9-26(3)10-8-21(17(2)22(26)23(20)31)29-25(33)28-19-6-4-5-18(27)15-19/h4-6,15-17,20-23,31H,7-14H2,1-3H3,(H2,28,29,33). The smallest absolute Gasteiger partial charge is 0.319 e. The van der Waals surface area contributed by atoms with Crippen LogP contribution in [0.4, 0.5) is 14.9 Å². The normalized spacial score (nSPS) is 34.6. The molecule has 1 aliphatic heterocycles. The number of fused-ring (bicyclic) bond motifs is 1. The highest BCUT2D eigenvalue weighted by atomic mass is 19.1. The number of hydrogen-bond acceptors (Lipinski definition) is 4. The summed E-state index contributed by atoms with van der Waals surface area (Å²) < 4.78 is 18.8. The van der Waals surface area contributed by atoms with E-state index in [1.807, 2.05) is 11.8 Å². The van der Waals surface area contributed by atoms with Crippen LogP contribution in [0.2, 0.25) is 0 Å². The topological polar surface area (TPSA) is 90.9 Å². The van der Waals surface area contributed by atoms with E-state index in [4.69, 9.17) is 4.74 Å². The molecule has 188 valence electrons. The molecule has 0 aromatic heterocycles. The molecule has 7 unspecified atom stereocenters. The number of rotatable bonds is 4. The predicted octanol–water partition coefficient (Wildman–Crippen LogP) is 3.63. The van der Waals surface area contributed by atoms with E-state index in [0.717, 1.165) is 25.7 Å². The number of nitrogens with one attached hydrogen (secondary N) is 2. The molecule has 3 fully saturated rings. The van der Waals surface area contributed by atoms with Crippen molar-refractivity contribution in [2.24, 2.45) is 29.1 Å². The number of hydrogen-bond donors (Lipinski definition) is 3. The fourth-order valence-electron chi connectivity index (χ4n) is 6.65. The second kappa shape index (κ2) is 10.2. The molecule has 3 N–H and O–H groups in total. The maximum absolute atomic E-state index is 13.5. The lowest BCUT2D eigenvalue weighted by atomic mass is 9.51. The number of nitrogens with zero attached hydrogens (tertiary/aromatic N) is 1. The molecular weight excluding hydrogens is 437 g/mol. The van der Waals surface area contributed by atoms with Crippen LogP contribution in [0.3, 0.4) is 0 Å². The van der Waals surface area contributed by atoms with Crippen LogP contribution in [0, 0.1) is 34.9 Å². The van der Waals surface area contributed by atoms with E-state index < -0.39 is 11.9 Å². The molecule has 2 saturated carbocycles. The highest BCUT2D eigenvalue weighted by Gasteiger charge is 2.54. The van der Waals surface area contributed by atoms with Crippen LogP contribution in [-0.2, 0) is 9.53 Å². The average Bonchev–Trinajstić information content (AvgIpc) is 2.81. The van der Waals surface area contributed by atoms with E-state index in [0.29, 0.717) is 32.0 Å². The zero-order valence-corrected chi connectivity index (χ0v) is 20.4. The Morgan fingerprint density at radius 1 is 1.24 bits per heavy atom. The Balaban J connectivity index is 1.42. The molecule has 1 saturated heterocycles. The summed E-state index contributed by atoms with van der Waals surface area (Å²) in [6, 6.07) is 5.33. The molecule has 2 aliphatic carbocycles. The monoisotopic (exact) mass is 475 g/mol. The number of benzene rings is 1. The summed E-state index contributed by atoms with van der Waals surface area (Å²) in [5.41, 5.74) is 0.382. The molecule has 3 amide bonds. The van der Waals surface area contributed by atoms with Gasteiger partial charge in [0.15, 0.2) is 0 Å². The van der Waals surface area contributed by atoms with E-state index >= 15 is 0 Å². The Morgan fingerprint density at radius 3 is 2.65 bits per heavy atom. The molecule has 0 spiro atoms. The van der Waals surface area contributed by atoms with Crippen molar-refractivity contribution < 1.29 is 23.8 Å². The van der Waals surface area contributed by atoms with E-state index in [2.05, 4.69) is 24.5 Å². The van der Waals surface area contributed by atoms with Crippen LogP contribution in [0.1, 0.15) is 46.5 Å². The highest BCUT2D eigenvalue weighted by Crippen LogP contribution is 2.55. The fourth-order valence-corrected chi connectivity index (χ4v) is 6.65. The van der Waals surface area contributed by atoms with Crippen molar-refractivity contribution in [3.63, 3.8) is 0 Å². The number of anilines is 1. The van der Waals surface area contributed by atoms with E-state index in [-0.39, 0.29) is 47.1 Å². The summed E-state index contributed by atoms with van der Waals surface area (Å²) >= 11 is 0. The van der Waals surface area contributed by atoms with Gasteiger partial charge in [0.2, 0.25) is 5.91 Å². The summed E-state index contributed by atoms with van der Waals surface area (Å²) in [6.45, 7) is 8.62. The van der Waals surface area contributed by atoms with Gasteiger partial charge in [0.25, 0.3) is 0 Å². The Morgan fingerprint density at radius 2 is 1.94 bits per heavy atom. The molecule has 1 aromatic rings. The van der Waals surface area contributed by atoms with Gasteiger partial charge in [-0.15, -0.1) is 0 Å². The maximum atomic E-state index is 13.5. The number of amides is 3. The highest BCUT2D eigenvalue weighted by molar-refractivity contribution is 5.89. The Labute approximate surface area is 201 Å². The van der Waals surface area contributed by atoms with E-state index in [1.165, 1.54) is 12.1 Å². The number of ether oxygens (including phenoxy) is 1. The average molecular weight is 476 g/mol. The maximum Gasteiger partial charge on any atom is 0.319 e. The molecule has 1 aromatic carbocycles. The first-order valence-electron chi connectivity index (χ1n) is 12.6. The van der Waals surface area contributed by atoms with Crippen molar-refractivity contribution in [1.29, 1.82) is 0 Å². The summed E-state index contributed by atoms with van der Waals surface area (Å²) in [5.74, 6) is -0.634. The summed E-state index contributed by atoms with van der Waals surface area (Å²) in [7, 11) is 0. The first kappa shape index (κ1) is 24.9. The van der Waals surface area contributed by atoms with Gasteiger partial charge < -0.3 is 25.4 Å². The van der Waals surface area contributed by atoms with Crippen molar-refractivity contribution in [2.45, 2.75) is 58.6 Å².